The van der Waals surface area contributed by atoms with Crippen molar-refractivity contribution in [3.05, 3.63) is 98.3 Å². The number of ether oxygens (including phenoxy) is 1. The molecule has 178 valence electrons. The highest BCUT2D eigenvalue weighted by Crippen LogP contribution is 2.32. The van der Waals surface area contributed by atoms with Crippen LogP contribution in [0.25, 0.3) is 0 Å². The van der Waals surface area contributed by atoms with Crippen LogP contribution < -0.4 is 21.3 Å². The average Bonchev–Trinajstić information content (AvgIpc) is 2.87. The zero-order valence-electron chi connectivity index (χ0n) is 19.5. The molecule has 4 rings (SSSR count). The van der Waals surface area contributed by atoms with Crippen molar-refractivity contribution in [2.45, 2.75) is 64.1 Å². The van der Waals surface area contributed by atoms with Crippen molar-refractivity contribution < 1.29 is 9.53 Å². The zero-order valence-corrected chi connectivity index (χ0v) is 19.5. The summed E-state index contributed by atoms with van der Waals surface area (Å²) in [6.07, 6.45) is 4.23. The summed E-state index contributed by atoms with van der Waals surface area (Å²) in [5, 5.41) is 3.01. The van der Waals surface area contributed by atoms with Gasteiger partial charge in [-0.25, -0.2) is 4.79 Å². The van der Waals surface area contributed by atoms with Crippen molar-refractivity contribution in [1.29, 1.82) is 0 Å². The first-order valence-corrected chi connectivity index (χ1v) is 12.0. The molecule has 1 aromatic heterocycles. The second-order valence-corrected chi connectivity index (χ2v) is 8.80. The van der Waals surface area contributed by atoms with Gasteiger partial charge in [-0.2, -0.15) is 0 Å². The third kappa shape index (κ3) is 5.47. The van der Waals surface area contributed by atoms with Crippen LogP contribution in [0.1, 0.15) is 66.6 Å². The lowest BCUT2D eigenvalue weighted by atomic mass is 9.82. The first-order valence-electron chi connectivity index (χ1n) is 12.0. The molecule has 1 aliphatic carbocycles. The molecule has 0 spiro atoms. The predicted octanol–water partition coefficient (Wildman–Crippen LogP) is 3.98. The number of aromatic nitrogens is 2. The van der Waals surface area contributed by atoms with Gasteiger partial charge in [0.25, 0.3) is 11.5 Å². The molecule has 1 aliphatic rings. The minimum atomic E-state index is -0.600. The van der Waals surface area contributed by atoms with E-state index in [1.54, 1.807) is 0 Å². The van der Waals surface area contributed by atoms with Crippen LogP contribution in [0.15, 0.2) is 70.3 Å². The Bertz CT molecular complexity index is 1210. The van der Waals surface area contributed by atoms with Crippen LogP contribution in [0.2, 0.25) is 0 Å². The van der Waals surface area contributed by atoms with Gasteiger partial charge in [0, 0.05) is 12.6 Å². The molecular formula is C27H31N3O4. The number of nitrogens with zero attached hydrogens (tertiary/aromatic N) is 1. The largest absolute Gasteiger partial charge is 0.481 e. The second-order valence-electron chi connectivity index (χ2n) is 8.80. The standard InChI is InChI=1S/C27H31N3O4/c1-2-17-30-26(32)24(34-18-19-9-5-3-6-10-19)23(29-27(30)33)25(31)28-22-15-13-21(14-16-22)20-11-7-4-8-12-20/h3-12,21-22H,2,13-18H2,1H3,(H,28,31)(H,29,33)/t21-,22+. The molecule has 0 atom stereocenters. The Balaban J connectivity index is 1.51. The monoisotopic (exact) mass is 461 g/mol. The number of carbonyl (C=O) groups is 1. The van der Waals surface area contributed by atoms with E-state index in [1.807, 2.05) is 43.3 Å². The fourth-order valence-electron chi connectivity index (χ4n) is 4.56. The van der Waals surface area contributed by atoms with Crippen molar-refractivity contribution in [3.63, 3.8) is 0 Å². The van der Waals surface area contributed by atoms with Crippen molar-refractivity contribution in [2.75, 3.05) is 0 Å². The fraction of sp³-hybridized carbons (Fsp3) is 0.370. The van der Waals surface area contributed by atoms with Crippen molar-refractivity contribution in [2.24, 2.45) is 0 Å². The number of aromatic amines is 1. The van der Waals surface area contributed by atoms with E-state index in [9.17, 15) is 14.4 Å². The van der Waals surface area contributed by atoms with Crippen LogP contribution in [0.5, 0.6) is 5.75 Å². The quantitative estimate of drug-likeness (QED) is 0.531. The number of amides is 1. The normalized spacial score (nSPS) is 17.8. The Kier molecular flexibility index (Phi) is 7.62. The fourth-order valence-corrected chi connectivity index (χ4v) is 4.56. The van der Waals surface area contributed by atoms with Crippen molar-refractivity contribution in [1.82, 2.24) is 14.9 Å². The van der Waals surface area contributed by atoms with E-state index in [1.165, 1.54) is 5.56 Å². The molecule has 1 amide bonds. The van der Waals surface area contributed by atoms with Gasteiger partial charge < -0.3 is 10.1 Å². The van der Waals surface area contributed by atoms with Crippen LogP contribution >= 0.6 is 0 Å². The lowest BCUT2D eigenvalue weighted by molar-refractivity contribution is 0.0914. The van der Waals surface area contributed by atoms with Gasteiger partial charge in [-0.1, -0.05) is 67.6 Å². The number of benzene rings is 2. The predicted molar refractivity (Wildman–Crippen MR) is 131 cm³/mol. The summed E-state index contributed by atoms with van der Waals surface area (Å²) in [5.41, 5.74) is 0.897. The molecule has 1 saturated carbocycles. The molecule has 0 saturated heterocycles. The number of nitrogens with one attached hydrogen (secondary N) is 2. The molecule has 0 radical (unpaired) electrons. The van der Waals surface area contributed by atoms with Crippen LogP contribution in [-0.2, 0) is 13.2 Å². The number of rotatable bonds is 8. The summed E-state index contributed by atoms with van der Waals surface area (Å²) < 4.78 is 6.90. The maximum Gasteiger partial charge on any atom is 0.329 e. The van der Waals surface area contributed by atoms with Gasteiger partial charge >= 0.3 is 5.69 Å². The van der Waals surface area contributed by atoms with Gasteiger partial charge in [-0.05, 0) is 49.1 Å². The lowest BCUT2D eigenvalue weighted by Gasteiger charge is -2.29. The van der Waals surface area contributed by atoms with Gasteiger partial charge in [0.1, 0.15) is 6.61 Å². The number of carbonyl (C=O) groups excluding carboxylic acids is 1. The van der Waals surface area contributed by atoms with E-state index < -0.39 is 17.2 Å². The average molecular weight is 462 g/mol. The Morgan fingerprint density at radius 1 is 1.00 bits per heavy atom. The molecule has 2 N–H and O–H groups in total. The molecule has 1 heterocycles. The first kappa shape index (κ1) is 23.5. The number of H-pyrrole nitrogens is 1. The Hall–Kier alpha value is -3.61. The molecule has 0 aliphatic heterocycles. The van der Waals surface area contributed by atoms with Gasteiger partial charge in [0.2, 0.25) is 5.75 Å². The minimum absolute atomic E-state index is 0.0176. The van der Waals surface area contributed by atoms with E-state index in [2.05, 4.69) is 34.6 Å². The maximum atomic E-state index is 13.2. The third-order valence-corrected chi connectivity index (χ3v) is 6.38. The van der Waals surface area contributed by atoms with Crippen LogP contribution in [0.3, 0.4) is 0 Å². The van der Waals surface area contributed by atoms with Crippen LogP contribution in [-0.4, -0.2) is 21.5 Å². The Morgan fingerprint density at radius 3 is 2.29 bits per heavy atom. The molecular weight excluding hydrogens is 430 g/mol. The third-order valence-electron chi connectivity index (χ3n) is 6.38. The Labute approximate surface area is 198 Å². The van der Waals surface area contributed by atoms with E-state index >= 15 is 0 Å². The molecule has 0 unspecified atom stereocenters. The maximum absolute atomic E-state index is 13.2. The summed E-state index contributed by atoms with van der Waals surface area (Å²) in [4.78, 5) is 41.4. The molecule has 1 fully saturated rings. The van der Waals surface area contributed by atoms with Crippen molar-refractivity contribution in [3.8, 4) is 5.75 Å². The highest BCUT2D eigenvalue weighted by Gasteiger charge is 2.27. The SMILES string of the molecule is CCCn1c(=O)[nH]c(C(=O)N[C@H]2CC[C@@H](c3ccccc3)CC2)c(OCc2ccccc2)c1=O. The molecule has 7 nitrogen and oxygen atoms in total. The second kappa shape index (κ2) is 11.0. The zero-order chi connectivity index (χ0) is 23.9. The summed E-state index contributed by atoms with van der Waals surface area (Å²) in [7, 11) is 0. The van der Waals surface area contributed by atoms with E-state index in [-0.39, 0.29) is 30.6 Å². The molecule has 0 bridgehead atoms. The summed E-state index contributed by atoms with van der Waals surface area (Å²) in [6.45, 7) is 2.25. The number of hydrogen-bond acceptors (Lipinski definition) is 4. The van der Waals surface area contributed by atoms with Gasteiger partial charge in [-0.15, -0.1) is 0 Å². The molecule has 7 heteroatoms. The first-order chi connectivity index (χ1) is 16.6. The van der Waals surface area contributed by atoms with E-state index in [0.29, 0.717) is 12.3 Å². The van der Waals surface area contributed by atoms with E-state index in [4.69, 9.17) is 4.74 Å². The molecule has 2 aromatic carbocycles. The summed E-state index contributed by atoms with van der Waals surface area (Å²) in [5.74, 6) is -0.117. The summed E-state index contributed by atoms with van der Waals surface area (Å²) >= 11 is 0. The minimum Gasteiger partial charge on any atom is -0.481 e. The van der Waals surface area contributed by atoms with Crippen LogP contribution in [0.4, 0.5) is 0 Å². The highest BCUT2D eigenvalue weighted by molar-refractivity contribution is 5.94. The van der Waals surface area contributed by atoms with Gasteiger partial charge in [0.15, 0.2) is 5.69 Å². The van der Waals surface area contributed by atoms with E-state index in [0.717, 1.165) is 35.8 Å². The van der Waals surface area contributed by atoms with Gasteiger partial charge in [-0.3, -0.25) is 19.1 Å². The number of hydrogen-bond donors (Lipinski definition) is 2. The highest BCUT2D eigenvalue weighted by atomic mass is 16.5. The lowest BCUT2D eigenvalue weighted by Crippen LogP contribution is -2.42. The topological polar surface area (TPSA) is 93.2 Å². The van der Waals surface area contributed by atoms with Crippen LogP contribution in [0, 0.1) is 0 Å². The smallest absolute Gasteiger partial charge is 0.329 e. The van der Waals surface area contributed by atoms with Gasteiger partial charge in [0.05, 0.1) is 0 Å². The summed E-state index contributed by atoms with van der Waals surface area (Å²) in [6, 6.07) is 19.8. The molecule has 3 aromatic rings. The molecule has 34 heavy (non-hydrogen) atoms. The Morgan fingerprint density at radius 2 is 1.65 bits per heavy atom. The van der Waals surface area contributed by atoms with Crippen molar-refractivity contribution >= 4 is 5.91 Å².